The van der Waals surface area contributed by atoms with Crippen molar-refractivity contribution >= 4 is 17.2 Å². The van der Waals surface area contributed by atoms with Crippen LogP contribution in [0.3, 0.4) is 0 Å². The number of nitrogens with zero attached hydrogens (tertiary/aromatic N) is 3. The molecule has 0 radical (unpaired) electrons. The highest BCUT2D eigenvalue weighted by molar-refractivity contribution is 7.09. The second-order valence-electron chi connectivity index (χ2n) is 4.11. The van der Waals surface area contributed by atoms with Crippen LogP contribution in [0.1, 0.15) is 11.4 Å². The van der Waals surface area contributed by atoms with Gasteiger partial charge in [-0.1, -0.05) is 0 Å². The first kappa shape index (κ1) is 11.5. The summed E-state index contributed by atoms with van der Waals surface area (Å²) in [5.41, 5.74) is 0. The first-order chi connectivity index (χ1) is 7.75. The Labute approximate surface area is 99.9 Å². The predicted molar refractivity (Wildman–Crippen MR) is 64.5 cm³/mol. The second kappa shape index (κ2) is 5.41. The average molecular weight is 239 g/mol. The topological polar surface area (TPSA) is 36.4 Å². The molecule has 2 rings (SSSR count). The molecule has 2 heterocycles. The van der Waals surface area contributed by atoms with Crippen molar-refractivity contribution in [1.82, 2.24) is 14.8 Å². The molecule has 0 saturated carbocycles. The maximum absolute atomic E-state index is 11.9. The Morgan fingerprint density at radius 2 is 2.19 bits per heavy atom. The van der Waals surface area contributed by atoms with Crippen LogP contribution in [0.15, 0.2) is 11.6 Å². The van der Waals surface area contributed by atoms with Crippen molar-refractivity contribution in [2.45, 2.75) is 12.8 Å². The molecule has 1 saturated heterocycles. The van der Waals surface area contributed by atoms with E-state index in [1.165, 1.54) is 0 Å². The largest absolute Gasteiger partial charge is 0.340 e. The molecule has 1 aromatic rings. The lowest BCUT2D eigenvalue weighted by atomic mass is 10.2. The molecule has 0 atom stereocenters. The first-order valence-electron chi connectivity index (χ1n) is 5.60. The van der Waals surface area contributed by atoms with E-state index < -0.39 is 0 Å². The van der Waals surface area contributed by atoms with Crippen molar-refractivity contribution in [3.05, 3.63) is 16.6 Å². The summed E-state index contributed by atoms with van der Waals surface area (Å²) in [4.78, 5) is 20.3. The Balaban J connectivity index is 1.75. The van der Waals surface area contributed by atoms with Gasteiger partial charge >= 0.3 is 0 Å². The van der Waals surface area contributed by atoms with E-state index in [-0.39, 0.29) is 5.91 Å². The van der Waals surface area contributed by atoms with Gasteiger partial charge in [0.2, 0.25) is 5.91 Å². The lowest BCUT2D eigenvalue weighted by Gasteiger charge is -2.32. The van der Waals surface area contributed by atoms with Crippen molar-refractivity contribution in [2.24, 2.45) is 0 Å². The van der Waals surface area contributed by atoms with Crippen LogP contribution in [0.2, 0.25) is 0 Å². The molecule has 0 spiro atoms. The van der Waals surface area contributed by atoms with Crippen molar-refractivity contribution in [1.29, 1.82) is 0 Å². The third kappa shape index (κ3) is 3.02. The summed E-state index contributed by atoms with van der Waals surface area (Å²) in [6, 6.07) is 0. The van der Waals surface area contributed by atoms with E-state index in [2.05, 4.69) is 16.9 Å². The number of thiazole rings is 1. The molecule has 4 nitrogen and oxygen atoms in total. The van der Waals surface area contributed by atoms with Gasteiger partial charge in [0, 0.05) is 50.6 Å². The monoisotopic (exact) mass is 239 g/mol. The number of likely N-dealkylation sites (N-methyl/N-ethyl adjacent to an activating group) is 1. The van der Waals surface area contributed by atoms with E-state index in [0.717, 1.165) is 37.6 Å². The van der Waals surface area contributed by atoms with E-state index in [4.69, 9.17) is 0 Å². The molecule has 0 aromatic carbocycles. The number of aryl methyl sites for hydroxylation is 1. The quantitative estimate of drug-likeness (QED) is 0.784. The average Bonchev–Trinajstić information content (AvgIpc) is 2.80. The van der Waals surface area contributed by atoms with Crippen LogP contribution in [0.4, 0.5) is 0 Å². The summed E-state index contributed by atoms with van der Waals surface area (Å²) >= 11 is 1.62. The smallest absolute Gasteiger partial charge is 0.223 e. The van der Waals surface area contributed by atoms with Crippen LogP contribution in [-0.4, -0.2) is 53.9 Å². The minimum atomic E-state index is 0.267. The Hall–Kier alpha value is -0.940. The standard InChI is InChI=1S/C11H17N3OS/c1-13-5-7-14(8-6-13)11(15)3-2-10-12-4-9-16-10/h4,9H,2-3,5-8H2,1H3. The molecule has 0 unspecified atom stereocenters. The molecular formula is C11H17N3OS. The Kier molecular flexibility index (Phi) is 3.90. The number of carbonyl (C=O) groups excluding carboxylic acids is 1. The van der Waals surface area contributed by atoms with Crippen LogP contribution in [0.25, 0.3) is 0 Å². The van der Waals surface area contributed by atoms with E-state index >= 15 is 0 Å². The normalized spacial score (nSPS) is 17.7. The lowest BCUT2D eigenvalue weighted by molar-refractivity contribution is -0.132. The van der Waals surface area contributed by atoms with Crippen molar-refractivity contribution in [2.75, 3.05) is 33.2 Å². The predicted octanol–water partition coefficient (Wildman–Crippen LogP) is 0.850. The van der Waals surface area contributed by atoms with Crippen LogP contribution >= 0.6 is 11.3 Å². The first-order valence-corrected chi connectivity index (χ1v) is 6.48. The summed E-state index contributed by atoms with van der Waals surface area (Å²) in [5.74, 6) is 0.267. The number of hydrogen-bond donors (Lipinski definition) is 0. The molecule has 0 aliphatic carbocycles. The summed E-state index contributed by atoms with van der Waals surface area (Å²) in [6.07, 6.45) is 3.17. The highest BCUT2D eigenvalue weighted by Crippen LogP contribution is 2.09. The van der Waals surface area contributed by atoms with Gasteiger partial charge in [0.05, 0.1) is 5.01 Å². The summed E-state index contributed by atoms with van der Waals surface area (Å²) < 4.78 is 0. The zero-order chi connectivity index (χ0) is 11.4. The van der Waals surface area contributed by atoms with Gasteiger partial charge in [0.1, 0.15) is 0 Å². The van der Waals surface area contributed by atoms with Gasteiger partial charge < -0.3 is 9.80 Å². The maximum Gasteiger partial charge on any atom is 0.223 e. The van der Waals surface area contributed by atoms with Crippen LogP contribution in [0.5, 0.6) is 0 Å². The van der Waals surface area contributed by atoms with Crippen LogP contribution in [-0.2, 0) is 11.2 Å². The fourth-order valence-corrected chi connectivity index (χ4v) is 2.42. The van der Waals surface area contributed by atoms with Gasteiger partial charge in [-0.2, -0.15) is 0 Å². The number of hydrogen-bond acceptors (Lipinski definition) is 4. The highest BCUT2D eigenvalue weighted by atomic mass is 32.1. The summed E-state index contributed by atoms with van der Waals surface area (Å²) in [5, 5.41) is 3.01. The number of aromatic nitrogens is 1. The minimum Gasteiger partial charge on any atom is -0.340 e. The molecule has 1 aliphatic heterocycles. The molecule has 1 aromatic heterocycles. The van der Waals surface area contributed by atoms with Gasteiger partial charge in [-0.25, -0.2) is 4.98 Å². The van der Waals surface area contributed by atoms with Gasteiger partial charge in [0.25, 0.3) is 0 Å². The number of carbonyl (C=O) groups is 1. The highest BCUT2D eigenvalue weighted by Gasteiger charge is 2.18. The van der Waals surface area contributed by atoms with Crippen molar-refractivity contribution < 1.29 is 4.79 Å². The third-order valence-corrected chi connectivity index (χ3v) is 3.73. The van der Waals surface area contributed by atoms with E-state index in [1.54, 1.807) is 17.5 Å². The maximum atomic E-state index is 11.9. The molecule has 88 valence electrons. The lowest BCUT2D eigenvalue weighted by Crippen LogP contribution is -2.47. The summed E-state index contributed by atoms with van der Waals surface area (Å²) in [6.45, 7) is 3.71. The molecule has 5 heteroatoms. The second-order valence-corrected chi connectivity index (χ2v) is 5.09. The number of piperazine rings is 1. The Morgan fingerprint density at radius 1 is 1.44 bits per heavy atom. The number of amides is 1. The molecule has 0 N–H and O–H groups in total. The Bertz CT molecular complexity index is 331. The molecule has 1 aliphatic rings. The zero-order valence-electron chi connectivity index (χ0n) is 9.56. The number of rotatable bonds is 3. The minimum absolute atomic E-state index is 0.267. The SMILES string of the molecule is CN1CCN(C(=O)CCc2nccs2)CC1. The Morgan fingerprint density at radius 3 is 2.81 bits per heavy atom. The fourth-order valence-electron chi connectivity index (χ4n) is 1.80. The molecule has 1 amide bonds. The van der Waals surface area contributed by atoms with E-state index in [1.807, 2.05) is 10.3 Å². The van der Waals surface area contributed by atoms with Crippen LogP contribution in [0, 0.1) is 0 Å². The van der Waals surface area contributed by atoms with E-state index in [0.29, 0.717) is 6.42 Å². The van der Waals surface area contributed by atoms with Gasteiger partial charge in [-0.3, -0.25) is 4.79 Å². The molecule has 0 bridgehead atoms. The van der Waals surface area contributed by atoms with Crippen LogP contribution < -0.4 is 0 Å². The van der Waals surface area contributed by atoms with Gasteiger partial charge in [-0.05, 0) is 7.05 Å². The van der Waals surface area contributed by atoms with Crippen molar-refractivity contribution in [3.63, 3.8) is 0 Å². The van der Waals surface area contributed by atoms with Crippen molar-refractivity contribution in [3.8, 4) is 0 Å². The molecule has 16 heavy (non-hydrogen) atoms. The third-order valence-electron chi connectivity index (χ3n) is 2.89. The molecule has 1 fully saturated rings. The molecular weight excluding hydrogens is 222 g/mol. The van der Waals surface area contributed by atoms with Gasteiger partial charge in [0.15, 0.2) is 0 Å². The van der Waals surface area contributed by atoms with Gasteiger partial charge in [-0.15, -0.1) is 11.3 Å². The summed E-state index contributed by atoms with van der Waals surface area (Å²) in [7, 11) is 2.09. The van der Waals surface area contributed by atoms with E-state index in [9.17, 15) is 4.79 Å². The fraction of sp³-hybridized carbons (Fsp3) is 0.636. The zero-order valence-corrected chi connectivity index (χ0v) is 10.4.